The van der Waals surface area contributed by atoms with E-state index < -0.39 is 11.9 Å². The van der Waals surface area contributed by atoms with Gasteiger partial charge in [0.2, 0.25) is 0 Å². The number of ether oxygens (including phenoxy) is 2. The third-order valence-electron chi connectivity index (χ3n) is 4.68. The summed E-state index contributed by atoms with van der Waals surface area (Å²) in [5, 5.41) is 12.4. The fourth-order valence-electron chi connectivity index (χ4n) is 3.28. The van der Waals surface area contributed by atoms with E-state index in [2.05, 4.69) is 11.9 Å². The molecule has 2 atom stereocenters. The maximum atomic E-state index is 12.7. The maximum Gasteiger partial charge on any atom is 0.308 e. The molecule has 1 amide bonds. The SMILES string of the molecule is C=CCOc1ccc(C(=O)NC2CCCCCCC2C(=O)O)cc1OC. The van der Waals surface area contributed by atoms with E-state index in [1.807, 2.05) is 0 Å². The quantitative estimate of drug-likeness (QED) is 0.727. The summed E-state index contributed by atoms with van der Waals surface area (Å²) in [5.41, 5.74) is 0.416. The third kappa shape index (κ3) is 5.25. The summed E-state index contributed by atoms with van der Waals surface area (Å²) in [6.45, 7) is 3.94. The summed E-state index contributed by atoms with van der Waals surface area (Å²) in [6.07, 6.45) is 6.83. The first-order valence-electron chi connectivity index (χ1n) is 9.02. The van der Waals surface area contributed by atoms with Crippen molar-refractivity contribution in [1.82, 2.24) is 5.32 Å². The Hall–Kier alpha value is -2.50. The number of carboxylic acids is 1. The summed E-state index contributed by atoms with van der Waals surface area (Å²) in [7, 11) is 1.51. The molecule has 6 heteroatoms. The number of rotatable bonds is 7. The third-order valence-corrected chi connectivity index (χ3v) is 4.68. The summed E-state index contributed by atoms with van der Waals surface area (Å²) in [5.74, 6) is -0.708. The Bertz CT molecular complexity index is 643. The minimum absolute atomic E-state index is 0.296. The number of nitrogens with one attached hydrogen (secondary N) is 1. The van der Waals surface area contributed by atoms with Crippen molar-refractivity contribution < 1.29 is 24.2 Å². The molecule has 6 nitrogen and oxygen atoms in total. The maximum absolute atomic E-state index is 12.7. The van der Waals surface area contributed by atoms with Gasteiger partial charge in [-0.1, -0.05) is 38.3 Å². The predicted octanol–water partition coefficient (Wildman–Crippen LogP) is 3.41. The average Bonchev–Trinajstić information content (AvgIpc) is 2.61. The van der Waals surface area contributed by atoms with Gasteiger partial charge in [0.25, 0.3) is 5.91 Å². The van der Waals surface area contributed by atoms with Gasteiger partial charge < -0.3 is 19.9 Å². The molecule has 2 rings (SSSR count). The van der Waals surface area contributed by atoms with Crippen molar-refractivity contribution in [2.24, 2.45) is 5.92 Å². The highest BCUT2D eigenvalue weighted by molar-refractivity contribution is 5.95. The second kappa shape index (κ2) is 9.85. The summed E-state index contributed by atoms with van der Waals surface area (Å²) in [4.78, 5) is 24.3. The number of carboxylic acid groups (broad SMARTS) is 1. The zero-order valence-corrected chi connectivity index (χ0v) is 15.2. The Labute approximate surface area is 154 Å². The van der Waals surface area contributed by atoms with Gasteiger partial charge in [-0.25, -0.2) is 0 Å². The molecule has 0 spiro atoms. The van der Waals surface area contributed by atoms with Crippen molar-refractivity contribution >= 4 is 11.9 Å². The second-order valence-corrected chi connectivity index (χ2v) is 6.48. The van der Waals surface area contributed by atoms with Crippen LogP contribution in [-0.2, 0) is 4.79 Å². The Morgan fingerprint density at radius 2 is 1.96 bits per heavy atom. The van der Waals surface area contributed by atoms with Crippen molar-refractivity contribution in [1.29, 1.82) is 0 Å². The molecule has 1 saturated carbocycles. The van der Waals surface area contributed by atoms with Gasteiger partial charge in [0.05, 0.1) is 13.0 Å². The molecule has 1 aliphatic rings. The highest BCUT2D eigenvalue weighted by Crippen LogP contribution is 2.29. The fraction of sp³-hybridized carbons (Fsp3) is 0.500. The number of carbonyl (C=O) groups is 2. The number of carbonyl (C=O) groups excluding carboxylic acids is 1. The molecule has 2 N–H and O–H groups in total. The summed E-state index contributed by atoms with van der Waals surface area (Å²) in [6, 6.07) is 4.56. The van der Waals surface area contributed by atoms with Crippen LogP contribution in [0, 0.1) is 5.92 Å². The van der Waals surface area contributed by atoms with Crippen LogP contribution in [0.2, 0.25) is 0 Å². The highest BCUT2D eigenvalue weighted by Gasteiger charge is 2.30. The van der Waals surface area contributed by atoms with Crippen LogP contribution in [0.3, 0.4) is 0 Å². The van der Waals surface area contributed by atoms with Crippen LogP contribution >= 0.6 is 0 Å². The molecule has 26 heavy (non-hydrogen) atoms. The lowest BCUT2D eigenvalue weighted by Gasteiger charge is -2.27. The molecule has 0 aliphatic heterocycles. The van der Waals surface area contributed by atoms with Crippen molar-refractivity contribution in [3.8, 4) is 11.5 Å². The van der Waals surface area contributed by atoms with Gasteiger partial charge in [-0.3, -0.25) is 9.59 Å². The second-order valence-electron chi connectivity index (χ2n) is 6.48. The first-order chi connectivity index (χ1) is 12.6. The largest absolute Gasteiger partial charge is 0.493 e. The lowest BCUT2D eigenvalue weighted by molar-refractivity contribution is -0.143. The van der Waals surface area contributed by atoms with Gasteiger partial charge in [0.15, 0.2) is 11.5 Å². The Balaban J connectivity index is 2.13. The molecule has 1 fully saturated rings. The number of hydrogen-bond acceptors (Lipinski definition) is 4. The van der Waals surface area contributed by atoms with E-state index in [9.17, 15) is 14.7 Å². The normalized spacial score (nSPS) is 20.3. The van der Waals surface area contributed by atoms with Crippen LogP contribution in [-0.4, -0.2) is 36.7 Å². The number of aliphatic carboxylic acids is 1. The molecule has 1 aliphatic carbocycles. The van der Waals surface area contributed by atoms with E-state index >= 15 is 0 Å². The van der Waals surface area contributed by atoms with E-state index in [-0.39, 0.29) is 11.9 Å². The molecule has 0 saturated heterocycles. The molecule has 0 aromatic heterocycles. The van der Waals surface area contributed by atoms with Gasteiger partial charge in [0.1, 0.15) is 6.61 Å². The topological polar surface area (TPSA) is 84.9 Å². The van der Waals surface area contributed by atoms with Crippen molar-refractivity contribution in [2.45, 2.75) is 44.6 Å². The van der Waals surface area contributed by atoms with Crippen molar-refractivity contribution in [3.05, 3.63) is 36.4 Å². The highest BCUT2D eigenvalue weighted by atomic mass is 16.5. The molecule has 0 bridgehead atoms. The van der Waals surface area contributed by atoms with Crippen LogP contribution in [0.5, 0.6) is 11.5 Å². The number of amides is 1. The van der Waals surface area contributed by atoms with E-state index in [1.54, 1.807) is 24.3 Å². The van der Waals surface area contributed by atoms with E-state index in [1.165, 1.54) is 7.11 Å². The van der Waals surface area contributed by atoms with Crippen LogP contribution < -0.4 is 14.8 Å². The van der Waals surface area contributed by atoms with Crippen molar-refractivity contribution in [2.75, 3.05) is 13.7 Å². The van der Waals surface area contributed by atoms with Gasteiger partial charge in [0, 0.05) is 11.6 Å². The van der Waals surface area contributed by atoms with Gasteiger partial charge >= 0.3 is 5.97 Å². The first-order valence-corrected chi connectivity index (χ1v) is 9.02. The van der Waals surface area contributed by atoms with E-state index in [0.717, 1.165) is 25.7 Å². The van der Waals surface area contributed by atoms with Crippen LogP contribution in [0.1, 0.15) is 48.9 Å². The monoisotopic (exact) mass is 361 g/mol. The number of methoxy groups -OCH3 is 1. The van der Waals surface area contributed by atoms with Gasteiger partial charge in [-0.15, -0.1) is 0 Å². The van der Waals surface area contributed by atoms with Crippen molar-refractivity contribution in [3.63, 3.8) is 0 Å². The van der Waals surface area contributed by atoms with Crippen LogP contribution in [0.4, 0.5) is 0 Å². The molecular weight excluding hydrogens is 334 g/mol. The Kier molecular flexibility index (Phi) is 7.51. The Morgan fingerprint density at radius 3 is 2.62 bits per heavy atom. The average molecular weight is 361 g/mol. The molecule has 1 aromatic rings. The first kappa shape index (κ1) is 19.8. The lowest BCUT2D eigenvalue weighted by atomic mass is 9.86. The number of hydrogen-bond donors (Lipinski definition) is 2. The lowest BCUT2D eigenvalue weighted by Crippen LogP contribution is -2.43. The van der Waals surface area contributed by atoms with Crippen LogP contribution in [0.15, 0.2) is 30.9 Å². The Morgan fingerprint density at radius 1 is 1.23 bits per heavy atom. The van der Waals surface area contributed by atoms with E-state index in [4.69, 9.17) is 9.47 Å². The zero-order chi connectivity index (χ0) is 18.9. The zero-order valence-electron chi connectivity index (χ0n) is 15.2. The molecule has 0 radical (unpaired) electrons. The summed E-state index contributed by atoms with van der Waals surface area (Å²) < 4.78 is 10.8. The van der Waals surface area contributed by atoms with E-state index in [0.29, 0.717) is 36.5 Å². The summed E-state index contributed by atoms with van der Waals surface area (Å²) >= 11 is 0. The standard InChI is InChI=1S/C20H27NO5/c1-3-12-26-17-11-10-14(13-18(17)25-2)19(22)21-16-9-7-5-4-6-8-15(16)20(23)24/h3,10-11,13,15-16H,1,4-9,12H2,2H3,(H,21,22)(H,23,24). The molecule has 1 aromatic carbocycles. The fourth-order valence-corrected chi connectivity index (χ4v) is 3.28. The van der Waals surface area contributed by atoms with Gasteiger partial charge in [-0.2, -0.15) is 0 Å². The number of benzene rings is 1. The van der Waals surface area contributed by atoms with Crippen LogP contribution in [0.25, 0.3) is 0 Å². The minimum Gasteiger partial charge on any atom is -0.493 e. The molecular formula is C20H27NO5. The predicted molar refractivity (Wildman–Crippen MR) is 98.8 cm³/mol. The molecule has 0 heterocycles. The van der Waals surface area contributed by atoms with Gasteiger partial charge in [-0.05, 0) is 31.0 Å². The molecule has 142 valence electrons. The molecule has 2 unspecified atom stereocenters. The minimum atomic E-state index is -0.844. The smallest absolute Gasteiger partial charge is 0.308 e.